The van der Waals surface area contributed by atoms with Crippen molar-refractivity contribution in [3.05, 3.63) is 47.5 Å². The summed E-state index contributed by atoms with van der Waals surface area (Å²) in [5.41, 5.74) is 2.16. The van der Waals surface area contributed by atoms with Gasteiger partial charge in [-0.2, -0.15) is 9.97 Å². The van der Waals surface area contributed by atoms with Crippen molar-refractivity contribution in [2.45, 2.75) is 33.6 Å². The van der Waals surface area contributed by atoms with Gasteiger partial charge in [-0.1, -0.05) is 13.0 Å². The Morgan fingerprint density at radius 1 is 1.03 bits per heavy atom. The smallest absolute Gasteiger partial charge is 0.481 e. The van der Waals surface area contributed by atoms with Gasteiger partial charge >= 0.3 is 18.3 Å². The Morgan fingerprint density at radius 3 is 2.39 bits per heavy atom. The van der Waals surface area contributed by atoms with Gasteiger partial charge in [-0.25, -0.2) is 9.78 Å². The molecule has 200 valence electrons. The van der Waals surface area contributed by atoms with E-state index in [2.05, 4.69) is 19.7 Å². The topological polar surface area (TPSA) is 126 Å². The molecule has 4 aromatic rings. The Hall–Kier alpha value is -4.55. The number of alkyl halides is 3. The molecule has 10 nitrogen and oxygen atoms in total. The number of nitrogens with zero attached hydrogens (tertiary/aromatic N) is 3. The van der Waals surface area contributed by atoms with Crippen molar-refractivity contribution in [2.75, 3.05) is 13.2 Å². The number of aliphatic carboxylic acids is 1. The minimum atomic E-state index is -4.86. The van der Waals surface area contributed by atoms with Gasteiger partial charge < -0.3 is 28.5 Å². The van der Waals surface area contributed by atoms with Crippen LogP contribution in [0.2, 0.25) is 0 Å². The number of carbonyl (C=O) groups is 1. The van der Waals surface area contributed by atoms with Crippen LogP contribution in [0.4, 0.5) is 13.2 Å². The van der Waals surface area contributed by atoms with Gasteiger partial charge in [-0.15, -0.1) is 13.2 Å². The summed E-state index contributed by atoms with van der Waals surface area (Å²) in [4.78, 5) is 23.8. The van der Waals surface area contributed by atoms with Crippen LogP contribution in [0.3, 0.4) is 0 Å². The van der Waals surface area contributed by atoms with Gasteiger partial charge in [0.15, 0.2) is 12.1 Å². The van der Waals surface area contributed by atoms with Gasteiger partial charge in [-0.3, -0.25) is 0 Å². The zero-order chi connectivity index (χ0) is 27.4. The molecular weight excluding hydrogens is 511 g/mol. The number of oxazole rings is 1. The fraction of sp³-hybridized carbons (Fsp3) is 0.280. The number of hydrogen-bond acceptors (Lipinski definition) is 9. The molecule has 0 unspecified atom stereocenters. The highest BCUT2D eigenvalue weighted by Crippen LogP contribution is 2.35. The Balaban J connectivity index is 1.69. The lowest BCUT2D eigenvalue weighted by Crippen LogP contribution is -2.17. The van der Waals surface area contributed by atoms with E-state index >= 15 is 0 Å². The summed E-state index contributed by atoms with van der Waals surface area (Å²) in [6, 6.07) is 8.11. The largest absolute Gasteiger partial charge is 0.573 e. The van der Waals surface area contributed by atoms with Crippen molar-refractivity contribution in [3.63, 3.8) is 0 Å². The molecule has 0 aliphatic rings. The molecule has 0 saturated heterocycles. The van der Waals surface area contributed by atoms with E-state index in [1.54, 1.807) is 26.0 Å². The lowest BCUT2D eigenvalue weighted by atomic mass is 10.1. The number of benzene rings is 2. The van der Waals surface area contributed by atoms with E-state index in [1.807, 2.05) is 6.92 Å². The monoisotopic (exact) mass is 533 g/mol. The minimum Gasteiger partial charge on any atom is -0.481 e. The zero-order valence-corrected chi connectivity index (χ0v) is 20.5. The van der Waals surface area contributed by atoms with Crippen molar-refractivity contribution < 1.29 is 46.4 Å². The normalized spacial score (nSPS) is 11.4. The number of aromatic nitrogens is 3. The molecule has 4 rings (SSSR count). The molecule has 38 heavy (non-hydrogen) atoms. The first-order valence-electron chi connectivity index (χ1n) is 11.3. The van der Waals surface area contributed by atoms with E-state index in [-0.39, 0.29) is 34.8 Å². The highest BCUT2D eigenvalue weighted by atomic mass is 19.4. The highest BCUT2D eigenvalue weighted by molar-refractivity contribution is 5.78. The summed E-state index contributed by atoms with van der Waals surface area (Å²) in [7, 11) is 0. The molecule has 0 aliphatic heterocycles. The van der Waals surface area contributed by atoms with Crippen LogP contribution in [0.5, 0.6) is 29.1 Å². The van der Waals surface area contributed by atoms with E-state index in [0.29, 0.717) is 35.5 Å². The maximum absolute atomic E-state index is 12.6. The van der Waals surface area contributed by atoms with Gasteiger partial charge in [0.2, 0.25) is 5.89 Å². The van der Waals surface area contributed by atoms with E-state index in [1.165, 1.54) is 12.1 Å². The Kier molecular flexibility index (Phi) is 7.55. The van der Waals surface area contributed by atoms with Crippen molar-refractivity contribution >= 4 is 17.2 Å². The van der Waals surface area contributed by atoms with Gasteiger partial charge in [-0.05, 0) is 55.7 Å². The number of ether oxygens (including phenoxy) is 4. The van der Waals surface area contributed by atoms with Crippen LogP contribution in [0.25, 0.3) is 22.7 Å². The van der Waals surface area contributed by atoms with E-state index in [9.17, 15) is 18.0 Å². The third-order valence-corrected chi connectivity index (χ3v) is 4.94. The highest BCUT2D eigenvalue weighted by Gasteiger charge is 2.31. The lowest BCUT2D eigenvalue weighted by Gasteiger charge is -2.11. The number of halogens is 3. The van der Waals surface area contributed by atoms with Crippen LogP contribution >= 0.6 is 0 Å². The zero-order valence-electron chi connectivity index (χ0n) is 20.5. The second-order valence-electron chi connectivity index (χ2n) is 8.08. The van der Waals surface area contributed by atoms with E-state index < -0.39 is 24.7 Å². The Labute approximate surface area is 214 Å². The first-order valence-corrected chi connectivity index (χ1v) is 11.3. The number of carboxylic acid groups (broad SMARTS) is 1. The second kappa shape index (κ2) is 10.8. The molecule has 2 aromatic carbocycles. The first kappa shape index (κ1) is 26.5. The fourth-order valence-corrected chi connectivity index (χ4v) is 3.52. The third kappa shape index (κ3) is 6.41. The first-order chi connectivity index (χ1) is 18.0. The predicted octanol–water partition coefficient (Wildman–Crippen LogP) is 5.84. The molecule has 0 amide bonds. The molecule has 2 heterocycles. The minimum absolute atomic E-state index is 0.00419. The summed E-state index contributed by atoms with van der Waals surface area (Å²) in [5, 5.41) is 8.89. The van der Waals surface area contributed by atoms with Gasteiger partial charge in [0, 0.05) is 11.6 Å². The lowest BCUT2D eigenvalue weighted by molar-refractivity contribution is -0.274. The SMILES string of the molecule is CCCOc1nc(Oc2cccc(OC(F)(F)F)c2)nc2oc(-c3cc(C)c(OCC(=O)O)c(C)c3)nc12. The van der Waals surface area contributed by atoms with Crippen LogP contribution < -0.4 is 18.9 Å². The second-order valence-corrected chi connectivity index (χ2v) is 8.08. The van der Waals surface area contributed by atoms with Crippen molar-refractivity contribution in [1.82, 2.24) is 15.0 Å². The molecule has 0 aliphatic carbocycles. The number of aryl methyl sites for hydroxylation is 2. The number of hydrogen-bond donors (Lipinski definition) is 1. The van der Waals surface area contributed by atoms with Crippen molar-refractivity contribution in [3.8, 4) is 40.6 Å². The molecule has 0 saturated carbocycles. The maximum atomic E-state index is 12.6. The molecular formula is C25H22F3N3O7. The molecule has 0 atom stereocenters. The number of carboxylic acids is 1. The average molecular weight is 533 g/mol. The van der Waals surface area contributed by atoms with E-state index in [4.69, 9.17) is 23.7 Å². The van der Waals surface area contributed by atoms with Crippen LogP contribution in [0.15, 0.2) is 40.8 Å². The standard InChI is InChI=1S/C25H22F3N3O7/c1-4-8-34-22-19-23(31-24(30-22)36-16-6-5-7-17(11-16)38-25(26,27)28)37-21(29-19)15-9-13(2)20(14(3)10-15)35-12-18(32)33/h5-7,9-11H,4,8,12H2,1-3H3,(H,32,33). The predicted molar refractivity (Wildman–Crippen MR) is 127 cm³/mol. The van der Waals surface area contributed by atoms with Crippen LogP contribution in [0.1, 0.15) is 24.5 Å². The van der Waals surface area contributed by atoms with Crippen molar-refractivity contribution in [2.24, 2.45) is 0 Å². The average Bonchev–Trinajstić information content (AvgIpc) is 3.25. The van der Waals surface area contributed by atoms with E-state index in [0.717, 1.165) is 12.1 Å². The van der Waals surface area contributed by atoms with Crippen LogP contribution in [-0.2, 0) is 4.79 Å². The van der Waals surface area contributed by atoms with Gasteiger partial charge in [0.1, 0.15) is 17.2 Å². The summed E-state index contributed by atoms with van der Waals surface area (Å²) in [6.07, 6.45) is -4.19. The molecule has 0 radical (unpaired) electrons. The summed E-state index contributed by atoms with van der Waals surface area (Å²) in [5.74, 6) is -0.879. The summed E-state index contributed by atoms with van der Waals surface area (Å²) >= 11 is 0. The Bertz CT molecular complexity index is 1450. The van der Waals surface area contributed by atoms with Crippen LogP contribution in [-0.4, -0.2) is 45.6 Å². The molecule has 0 bridgehead atoms. The fourth-order valence-electron chi connectivity index (χ4n) is 3.52. The maximum Gasteiger partial charge on any atom is 0.573 e. The van der Waals surface area contributed by atoms with Gasteiger partial charge in [0.05, 0.1) is 6.61 Å². The summed E-state index contributed by atoms with van der Waals surface area (Å²) in [6.45, 7) is 5.24. The summed E-state index contributed by atoms with van der Waals surface area (Å²) < 4.78 is 64.2. The molecule has 13 heteroatoms. The Morgan fingerprint density at radius 2 is 1.74 bits per heavy atom. The molecule has 0 spiro atoms. The molecule has 2 aromatic heterocycles. The number of rotatable bonds is 10. The molecule has 1 N–H and O–H groups in total. The van der Waals surface area contributed by atoms with Crippen LogP contribution in [0, 0.1) is 13.8 Å². The quantitative estimate of drug-likeness (QED) is 0.265. The number of fused-ring (bicyclic) bond motifs is 1. The molecule has 0 fully saturated rings. The van der Waals surface area contributed by atoms with Crippen molar-refractivity contribution in [1.29, 1.82) is 0 Å². The van der Waals surface area contributed by atoms with Gasteiger partial charge in [0.25, 0.3) is 11.6 Å². The third-order valence-electron chi connectivity index (χ3n) is 4.94.